The second-order valence-corrected chi connectivity index (χ2v) is 8.59. The first-order chi connectivity index (χ1) is 15.5. The highest BCUT2D eigenvalue weighted by molar-refractivity contribution is 5.51. The standard InChI is InChI=1S/C26H31FN4O/c1-19-25(17-22-8-10-23(27)11-9-22)26(29-20(2)28-19)31-14-12-30(13-15-31)18-24(32)16-21-6-4-3-5-7-21/h3-11,24,32H,12-18H2,1-2H3/t24-/m0/s1. The molecule has 1 aliphatic rings. The van der Waals surface area contributed by atoms with Gasteiger partial charge in [0.05, 0.1) is 6.10 Å². The summed E-state index contributed by atoms with van der Waals surface area (Å²) in [5.41, 5.74) is 4.28. The first-order valence-electron chi connectivity index (χ1n) is 11.3. The maximum Gasteiger partial charge on any atom is 0.136 e. The maximum absolute atomic E-state index is 13.3. The number of β-amino-alcohol motifs (C(OH)–C–C–N with tert-alkyl or cyclic N) is 1. The molecule has 6 heteroatoms. The minimum absolute atomic E-state index is 0.226. The normalized spacial score (nSPS) is 15.7. The third-order valence-electron chi connectivity index (χ3n) is 6.05. The predicted molar refractivity (Wildman–Crippen MR) is 126 cm³/mol. The molecule has 3 aromatic rings. The fraction of sp³-hybridized carbons (Fsp3) is 0.385. The molecule has 0 saturated carbocycles. The van der Waals surface area contributed by atoms with E-state index in [1.165, 1.54) is 12.1 Å². The van der Waals surface area contributed by atoms with Crippen molar-refractivity contribution in [1.29, 1.82) is 0 Å². The third-order valence-corrected chi connectivity index (χ3v) is 6.05. The molecule has 1 N–H and O–H groups in total. The molecular formula is C26H31FN4O. The monoisotopic (exact) mass is 434 g/mol. The van der Waals surface area contributed by atoms with E-state index < -0.39 is 0 Å². The Kier molecular flexibility index (Phi) is 7.12. The lowest BCUT2D eigenvalue weighted by Gasteiger charge is -2.37. The van der Waals surface area contributed by atoms with Gasteiger partial charge in [-0.1, -0.05) is 42.5 Å². The largest absolute Gasteiger partial charge is 0.391 e. The molecule has 2 heterocycles. The molecule has 2 aromatic carbocycles. The Morgan fingerprint density at radius 1 is 0.906 bits per heavy atom. The molecule has 0 amide bonds. The number of benzene rings is 2. The summed E-state index contributed by atoms with van der Waals surface area (Å²) < 4.78 is 13.3. The zero-order chi connectivity index (χ0) is 22.5. The van der Waals surface area contributed by atoms with E-state index in [0.29, 0.717) is 19.4 Å². The minimum atomic E-state index is -0.374. The number of aryl methyl sites for hydroxylation is 2. The highest BCUT2D eigenvalue weighted by Crippen LogP contribution is 2.25. The summed E-state index contributed by atoms with van der Waals surface area (Å²) in [7, 11) is 0. The van der Waals surface area contributed by atoms with Gasteiger partial charge in [-0.15, -0.1) is 0 Å². The molecule has 0 radical (unpaired) electrons. The Bertz CT molecular complexity index is 1020. The van der Waals surface area contributed by atoms with Gasteiger partial charge in [-0.25, -0.2) is 14.4 Å². The van der Waals surface area contributed by atoms with Gasteiger partial charge in [0.1, 0.15) is 17.5 Å². The molecule has 0 aliphatic carbocycles. The predicted octanol–water partition coefficient (Wildman–Crippen LogP) is 3.55. The summed E-state index contributed by atoms with van der Waals surface area (Å²) in [6.45, 7) is 8.08. The van der Waals surface area contributed by atoms with Crippen LogP contribution in [0.5, 0.6) is 0 Å². The summed E-state index contributed by atoms with van der Waals surface area (Å²) in [5.74, 6) is 1.52. The van der Waals surface area contributed by atoms with Gasteiger partial charge < -0.3 is 10.0 Å². The maximum atomic E-state index is 13.3. The van der Waals surface area contributed by atoms with Crippen LogP contribution in [0.3, 0.4) is 0 Å². The van der Waals surface area contributed by atoms with Crippen LogP contribution < -0.4 is 4.90 Å². The molecule has 1 atom stereocenters. The van der Waals surface area contributed by atoms with Crippen LogP contribution in [-0.2, 0) is 12.8 Å². The lowest BCUT2D eigenvalue weighted by Crippen LogP contribution is -2.49. The van der Waals surface area contributed by atoms with Crippen molar-refractivity contribution in [3.05, 3.63) is 88.6 Å². The molecule has 4 rings (SSSR count). The molecule has 168 valence electrons. The first-order valence-corrected chi connectivity index (χ1v) is 11.3. The van der Waals surface area contributed by atoms with Crippen LogP contribution in [0.15, 0.2) is 54.6 Å². The van der Waals surface area contributed by atoms with Gasteiger partial charge in [0.15, 0.2) is 0 Å². The van der Waals surface area contributed by atoms with Crippen LogP contribution in [0, 0.1) is 19.7 Å². The number of anilines is 1. The van der Waals surface area contributed by atoms with E-state index in [-0.39, 0.29) is 11.9 Å². The van der Waals surface area contributed by atoms with Crippen LogP contribution >= 0.6 is 0 Å². The van der Waals surface area contributed by atoms with E-state index in [9.17, 15) is 9.50 Å². The number of hydrogen-bond acceptors (Lipinski definition) is 5. The topological polar surface area (TPSA) is 52.5 Å². The van der Waals surface area contributed by atoms with Gasteiger partial charge in [-0.05, 0) is 43.5 Å². The fourth-order valence-corrected chi connectivity index (χ4v) is 4.38. The second-order valence-electron chi connectivity index (χ2n) is 8.59. The number of piperazine rings is 1. The molecule has 0 unspecified atom stereocenters. The molecule has 5 nitrogen and oxygen atoms in total. The average molecular weight is 435 g/mol. The van der Waals surface area contributed by atoms with Crippen molar-refractivity contribution in [2.75, 3.05) is 37.6 Å². The SMILES string of the molecule is Cc1nc(C)c(Cc2ccc(F)cc2)c(N2CCN(C[C@@H](O)Cc3ccccc3)CC2)n1. The Morgan fingerprint density at radius 2 is 1.59 bits per heavy atom. The Labute approximate surface area is 189 Å². The van der Waals surface area contributed by atoms with Crippen LogP contribution in [0.25, 0.3) is 0 Å². The number of aromatic nitrogens is 2. The van der Waals surface area contributed by atoms with E-state index in [4.69, 9.17) is 4.98 Å². The van der Waals surface area contributed by atoms with Gasteiger partial charge in [-0.2, -0.15) is 0 Å². The molecule has 32 heavy (non-hydrogen) atoms. The van der Waals surface area contributed by atoms with E-state index in [1.807, 2.05) is 44.2 Å². The fourth-order valence-electron chi connectivity index (χ4n) is 4.38. The summed E-state index contributed by atoms with van der Waals surface area (Å²) >= 11 is 0. The smallest absolute Gasteiger partial charge is 0.136 e. The van der Waals surface area contributed by atoms with E-state index >= 15 is 0 Å². The number of rotatable bonds is 7. The number of aliphatic hydroxyl groups excluding tert-OH is 1. The summed E-state index contributed by atoms with van der Waals surface area (Å²) in [6, 6.07) is 16.8. The average Bonchev–Trinajstić information content (AvgIpc) is 2.78. The molecular weight excluding hydrogens is 403 g/mol. The van der Waals surface area contributed by atoms with Crippen LogP contribution in [0.2, 0.25) is 0 Å². The van der Waals surface area contributed by atoms with Crippen LogP contribution in [0.4, 0.5) is 10.2 Å². The zero-order valence-electron chi connectivity index (χ0n) is 18.8. The van der Waals surface area contributed by atoms with E-state index in [0.717, 1.165) is 60.2 Å². The Balaban J connectivity index is 1.41. The second kappa shape index (κ2) is 10.2. The van der Waals surface area contributed by atoms with Crippen molar-refractivity contribution in [2.45, 2.75) is 32.8 Å². The summed E-state index contributed by atoms with van der Waals surface area (Å²) in [5, 5.41) is 10.5. The highest BCUT2D eigenvalue weighted by atomic mass is 19.1. The summed E-state index contributed by atoms with van der Waals surface area (Å²) in [4.78, 5) is 14.0. The van der Waals surface area contributed by atoms with Crippen LogP contribution in [0.1, 0.15) is 28.2 Å². The Morgan fingerprint density at radius 3 is 2.28 bits per heavy atom. The van der Waals surface area contributed by atoms with Gasteiger partial charge in [0.25, 0.3) is 0 Å². The Hall–Kier alpha value is -2.83. The minimum Gasteiger partial charge on any atom is -0.391 e. The van der Waals surface area contributed by atoms with Crippen molar-refractivity contribution in [1.82, 2.24) is 14.9 Å². The zero-order valence-corrected chi connectivity index (χ0v) is 18.8. The number of hydrogen-bond donors (Lipinski definition) is 1. The van der Waals surface area contributed by atoms with Gasteiger partial charge >= 0.3 is 0 Å². The van der Waals surface area contributed by atoms with Gasteiger partial charge in [0, 0.05) is 50.4 Å². The quantitative estimate of drug-likeness (QED) is 0.616. The van der Waals surface area contributed by atoms with Crippen molar-refractivity contribution >= 4 is 5.82 Å². The number of aliphatic hydroxyl groups is 1. The summed E-state index contributed by atoms with van der Waals surface area (Å²) in [6.07, 6.45) is 0.978. The van der Waals surface area contributed by atoms with Gasteiger partial charge in [0.2, 0.25) is 0 Å². The van der Waals surface area contributed by atoms with E-state index in [1.54, 1.807) is 0 Å². The van der Waals surface area contributed by atoms with Crippen molar-refractivity contribution < 1.29 is 9.50 Å². The molecule has 1 fully saturated rings. The first kappa shape index (κ1) is 22.4. The number of halogens is 1. The molecule has 1 aliphatic heterocycles. The van der Waals surface area contributed by atoms with Crippen molar-refractivity contribution in [3.63, 3.8) is 0 Å². The molecule has 1 saturated heterocycles. The van der Waals surface area contributed by atoms with Crippen LogP contribution in [-0.4, -0.2) is 58.8 Å². The van der Waals surface area contributed by atoms with Crippen molar-refractivity contribution in [3.8, 4) is 0 Å². The van der Waals surface area contributed by atoms with Gasteiger partial charge in [-0.3, -0.25) is 4.90 Å². The lowest BCUT2D eigenvalue weighted by molar-refractivity contribution is 0.109. The molecule has 0 spiro atoms. The molecule has 1 aromatic heterocycles. The third kappa shape index (κ3) is 5.69. The van der Waals surface area contributed by atoms with Crippen molar-refractivity contribution in [2.24, 2.45) is 0 Å². The van der Waals surface area contributed by atoms with E-state index in [2.05, 4.69) is 26.9 Å². The lowest BCUT2D eigenvalue weighted by atomic mass is 10.0. The number of nitrogens with zero attached hydrogens (tertiary/aromatic N) is 4. The molecule has 0 bridgehead atoms. The highest BCUT2D eigenvalue weighted by Gasteiger charge is 2.23.